The van der Waals surface area contributed by atoms with Crippen molar-refractivity contribution in [3.63, 3.8) is 0 Å². The molecule has 0 aromatic heterocycles. The van der Waals surface area contributed by atoms with Crippen LogP contribution < -0.4 is 0 Å². The molecule has 1 aliphatic heterocycles. The zero-order chi connectivity index (χ0) is 15.4. The summed E-state index contributed by atoms with van der Waals surface area (Å²) in [6, 6.07) is 0. The fourth-order valence-electron chi connectivity index (χ4n) is 2.35. The van der Waals surface area contributed by atoms with Gasteiger partial charge in [0.25, 0.3) is 0 Å². The van der Waals surface area contributed by atoms with Crippen LogP contribution >= 0.6 is 0 Å². The molecule has 0 aromatic rings. The van der Waals surface area contributed by atoms with Crippen molar-refractivity contribution >= 4 is 5.97 Å². The van der Waals surface area contributed by atoms with Gasteiger partial charge in [0.2, 0.25) is 0 Å². The molecule has 1 rings (SSSR count). The molecule has 1 N–H and O–H groups in total. The third-order valence-electron chi connectivity index (χ3n) is 3.11. The molecule has 0 unspecified atom stereocenters. The zero-order valence-electron chi connectivity index (χ0n) is 12.6. The van der Waals surface area contributed by atoms with Crippen molar-refractivity contribution in [2.24, 2.45) is 0 Å². The third-order valence-corrected chi connectivity index (χ3v) is 3.11. The first-order chi connectivity index (χ1) is 9.30. The second kappa shape index (κ2) is 6.40. The van der Waals surface area contributed by atoms with E-state index in [0.717, 1.165) is 0 Å². The number of carbonyl (C=O) groups is 1. The fourth-order valence-corrected chi connectivity index (χ4v) is 2.35. The molecule has 0 aromatic carbocycles. The minimum atomic E-state index is -1.28. The summed E-state index contributed by atoms with van der Waals surface area (Å²) in [5, 5.41) is 9.20. The number of allylic oxidation sites excluding steroid dienone is 1. The van der Waals surface area contributed by atoms with Gasteiger partial charge < -0.3 is 19.3 Å². The number of carbonyl (C=O) groups excluding carboxylic acids is 1. The van der Waals surface area contributed by atoms with Crippen LogP contribution in [0.4, 0.5) is 0 Å². The van der Waals surface area contributed by atoms with E-state index in [1.807, 2.05) is 0 Å². The van der Waals surface area contributed by atoms with Crippen LogP contribution in [-0.2, 0) is 19.0 Å². The lowest BCUT2D eigenvalue weighted by molar-refractivity contribution is -0.301. The van der Waals surface area contributed by atoms with Crippen LogP contribution in [-0.4, -0.2) is 42.3 Å². The van der Waals surface area contributed by atoms with E-state index in [1.54, 1.807) is 33.8 Å². The van der Waals surface area contributed by atoms with Crippen molar-refractivity contribution in [1.82, 2.24) is 0 Å². The molecule has 0 spiro atoms. The van der Waals surface area contributed by atoms with Gasteiger partial charge >= 0.3 is 5.97 Å². The van der Waals surface area contributed by atoms with Gasteiger partial charge in [-0.1, -0.05) is 5.92 Å². The Bertz CT molecular complexity index is 455. The lowest BCUT2D eigenvalue weighted by atomic mass is 9.87. The van der Waals surface area contributed by atoms with Gasteiger partial charge in [0.05, 0.1) is 13.2 Å². The first kappa shape index (κ1) is 16.7. The number of aliphatic hydroxyl groups is 1. The van der Waals surface area contributed by atoms with Gasteiger partial charge in [-0.15, -0.1) is 5.92 Å². The monoisotopic (exact) mass is 282 g/mol. The van der Waals surface area contributed by atoms with Crippen LogP contribution in [0.3, 0.4) is 0 Å². The van der Waals surface area contributed by atoms with Gasteiger partial charge in [-0.25, -0.2) is 4.79 Å². The molecule has 0 radical (unpaired) electrons. The Hall–Kier alpha value is -1.35. The van der Waals surface area contributed by atoms with Gasteiger partial charge in [-0.2, -0.15) is 0 Å². The Labute approximate surface area is 119 Å². The lowest BCUT2D eigenvalue weighted by Gasteiger charge is -2.46. The van der Waals surface area contributed by atoms with Crippen molar-refractivity contribution in [1.29, 1.82) is 0 Å². The molecule has 5 heteroatoms. The summed E-state index contributed by atoms with van der Waals surface area (Å²) in [5.74, 6) is 4.08. The average Bonchev–Trinajstić information content (AvgIpc) is 2.36. The summed E-state index contributed by atoms with van der Waals surface area (Å²) in [4.78, 5) is 12.1. The molecule has 1 heterocycles. The summed E-state index contributed by atoms with van der Waals surface area (Å²) in [5.41, 5.74) is -0.715. The molecule has 112 valence electrons. The van der Waals surface area contributed by atoms with E-state index in [0.29, 0.717) is 12.0 Å². The molecule has 0 bridgehead atoms. The van der Waals surface area contributed by atoms with E-state index in [4.69, 9.17) is 14.2 Å². The zero-order valence-corrected chi connectivity index (χ0v) is 12.6. The standard InChI is InChI=1S/C15H22O5/c1-6-7-8-11-12(9-10-16)19-14(2,3)20-15(11,4)13(17)18-5/h8,12,16H,9-10H2,1-5H3/b11-8+/t12-,15-/m0/s1. The quantitative estimate of drug-likeness (QED) is 0.626. The van der Waals surface area contributed by atoms with Crippen LogP contribution in [0.25, 0.3) is 0 Å². The summed E-state index contributed by atoms with van der Waals surface area (Å²) < 4.78 is 16.4. The van der Waals surface area contributed by atoms with E-state index in [2.05, 4.69) is 11.8 Å². The molecule has 1 fully saturated rings. The number of methoxy groups -OCH3 is 1. The van der Waals surface area contributed by atoms with Crippen molar-refractivity contribution < 1.29 is 24.1 Å². The molecule has 20 heavy (non-hydrogen) atoms. The summed E-state index contributed by atoms with van der Waals surface area (Å²) >= 11 is 0. The summed E-state index contributed by atoms with van der Waals surface area (Å²) in [7, 11) is 1.31. The number of hydrogen-bond donors (Lipinski definition) is 1. The molecule has 2 atom stereocenters. The van der Waals surface area contributed by atoms with Gasteiger partial charge in [-0.05, 0) is 33.8 Å². The van der Waals surface area contributed by atoms with Crippen LogP contribution in [0.15, 0.2) is 11.6 Å². The molecule has 0 saturated carbocycles. The van der Waals surface area contributed by atoms with E-state index in [-0.39, 0.29) is 6.61 Å². The maximum atomic E-state index is 12.1. The van der Waals surface area contributed by atoms with Gasteiger partial charge in [-0.3, -0.25) is 0 Å². The van der Waals surface area contributed by atoms with Crippen molar-refractivity contribution in [2.75, 3.05) is 13.7 Å². The first-order valence-electron chi connectivity index (χ1n) is 6.51. The van der Waals surface area contributed by atoms with Crippen LogP contribution in [0.1, 0.15) is 34.1 Å². The molecule has 5 nitrogen and oxygen atoms in total. The van der Waals surface area contributed by atoms with Gasteiger partial charge in [0.1, 0.15) is 0 Å². The summed E-state index contributed by atoms with van der Waals surface area (Å²) in [6.07, 6.45) is 1.51. The SMILES string of the molecule is CC#C/C=C1\[C@H](CCO)OC(C)(C)O[C@]1(C)C(=O)OC. The number of aliphatic hydroxyl groups excluding tert-OH is 1. The predicted octanol–water partition coefficient (Wildman–Crippen LogP) is 1.40. The summed E-state index contributed by atoms with van der Waals surface area (Å²) in [6.45, 7) is 6.72. The molecule has 1 saturated heterocycles. The molecule has 1 aliphatic rings. The van der Waals surface area contributed by atoms with Crippen LogP contribution in [0.2, 0.25) is 0 Å². The largest absolute Gasteiger partial charge is 0.467 e. The van der Waals surface area contributed by atoms with Crippen molar-refractivity contribution in [3.8, 4) is 11.8 Å². The minimum Gasteiger partial charge on any atom is -0.467 e. The Balaban J connectivity index is 3.32. The van der Waals surface area contributed by atoms with E-state index in [1.165, 1.54) is 7.11 Å². The van der Waals surface area contributed by atoms with Crippen LogP contribution in [0.5, 0.6) is 0 Å². The highest BCUT2D eigenvalue weighted by molar-refractivity contribution is 5.84. The Morgan fingerprint density at radius 1 is 1.50 bits per heavy atom. The Morgan fingerprint density at radius 3 is 2.65 bits per heavy atom. The Kier molecular flexibility index (Phi) is 5.35. The molecule has 0 aliphatic carbocycles. The van der Waals surface area contributed by atoms with Crippen LogP contribution in [0, 0.1) is 11.8 Å². The molecular formula is C15H22O5. The lowest BCUT2D eigenvalue weighted by Crippen LogP contribution is -2.57. The topological polar surface area (TPSA) is 65.0 Å². The molecule has 0 amide bonds. The number of esters is 1. The Morgan fingerprint density at radius 2 is 2.15 bits per heavy atom. The number of hydrogen-bond acceptors (Lipinski definition) is 5. The van der Waals surface area contributed by atoms with Crippen molar-refractivity contribution in [2.45, 2.75) is 51.6 Å². The number of ether oxygens (including phenoxy) is 3. The first-order valence-corrected chi connectivity index (χ1v) is 6.51. The van der Waals surface area contributed by atoms with E-state index < -0.39 is 23.5 Å². The minimum absolute atomic E-state index is 0.0606. The highest BCUT2D eigenvalue weighted by atomic mass is 16.7. The van der Waals surface area contributed by atoms with Gasteiger partial charge in [0, 0.05) is 18.6 Å². The van der Waals surface area contributed by atoms with Crippen molar-refractivity contribution in [3.05, 3.63) is 11.6 Å². The second-order valence-corrected chi connectivity index (χ2v) is 5.14. The number of rotatable bonds is 3. The second-order valence-electron chi connectivity index (χ2n) is 5.14. The average molecular weight is 282 g/mol. The van der Waals surface area contributed by atoms with E-state index >= 15 is 0 Å². The van der Waals surface area contributed by atoms with E-state index in [9.17, 15) is 9.90 Å². The normalized spacial score (nSPS) is 30.5. The third kappa shape index (κ3) is 3.40. The molecular weight excluding hydrogens is 260 g/mol. The van der Waals surface area contributed by atoms with Gasteiger partial charge in [0.15, 0.2) is 11.4 Å². The highest BCUT2D eigenvalue weighted by Crippen LogP contribution is 2.40. The maximum Gasteiger partial charge on any atom is 0.342 e. The maximum absolute atomic E-state index is 12.1. The highest BCUT2D eigenvalue weighted by Gasteiger charge is 2.52. The smallest absolute Gasteiger partial charge is 0.342 e. The predicted molar refractivity (Wildman–Crippen MR) is 73.7 cm³/mol. The fraction of sp³-hybridized carbons (Fsp3) is 0.667.